The number of nitrogens with two attached hydrogens (primary N) is 1. The van der Waals surface area contributed by atoms with E-state index in [1.165, 1.54) is 6.07 Å². The van der Waals surface area contributed by atoms with Gasteiger partial charge in [-0.2, -0.15) is 0 Å². The molecular weight excluding hydrogens is 191 g/mol. The normalized spacial score (nSPS) is 12.5. The molecule has 1 unspecified atom stereocenters. The van der Waals surface area contributed by atoms with Gasteiger partial charge in [-0.1, -0.05) is 6.07 Å². The van der Waals surface area contributed by atoms with Crippen molar-refractivity contribution in [1.29, 1.82) is 0 Å². The molecule has 0 bridgehead atoms. The summed E-state index contributed by atoms with van der Waals surface area (Å²) in [6, 6.07) is 2.36. The average Bonchev–Trinajstić information content (AvgIpc) is 2.16. The maximum Gasteiger partial charge on any atom is 0.277 e. The Hall–Kier alpha value is -1.53. The number of hydrogen-bond donors (Lipinski definition) is 2. The lowest BCUT2D eigenvalue weighted by Gasteiger charge is -2.09. The van der Waals surface area contributed by atoms with Crippen molar-refractivity contribution in [2.45, 2.75) is 6.04 Å². The van der Waals surface area contributed by atoms with Gasteiger partial charge in [-0.15, -0.1) is 0 Å². The molecule has 1 atom stereocenters. The fourth-order valence-electron chi connectivity index (χ4n) is 1.14. The minimum Gasteiger partial charge on any atom is -0.394 e. The van der Waals surface area contributed by atoms with Crippen LogP contribution in [0.15, 0.2) is 18.2 Å². The molecule has 3 N–H and O–H groups in total. The van der Waals surface area contributed by atoms with Gasteiger partial charge in [0.1, 0.15) is 5.82 Å². The van der Waals surface area contributed by atoms with Crippen molar-refractivity contribution in [1.82, 2.24) is 0 Å². The van der Waals surface area contributed by atoms with E-state index >= 15 is 0 Å². The Morgan fingerprint density at radius 3 is 2.79 bits per heavy atom. The molecule has 1 aromatic carbocycles. The number of aliphatic hydroxyl groups is 1. The smallest absolute Gasteiger partial charge is 0.277 e. The molecule has 6 heteroatoms. The van der Waals surface area contributed by atoms with Crippen molar-refractivity contribution in [3.05, 3.63) is 39.7 Å². The fourth-order valence-corrected chi connectivity index (χ4v) is 1.14. The fraction of sp³-hybridized carbons (Fsp3) is 0.250. The first kappa shape index (κ1) is 10.6. The summed E-state index contributed by atoms with van der Waals surface area (Å²) >= 11 is 0. The lowest BCUT2D eigenvalue weighted by molar-refractivity contribution is -0.386. The largest absolute Gasteiger partial charge is 0.394 e. The standard InChI is InChI=1S/C8H9FN2O3/c9-5-2-1-3-7(11(13)14)8(5)6(10)4-12/h1-3,6,12H,4,10H2. The van der Waals surface area contributed by atoms with Crippen LogP contribution in [-0.4, -0.2) is 16.6 Å². The Bertz CT molecular complexity index is 356. The summed E-state index contributed by atoms with van der Waals surface area (Å²) < 4.78 is 13.2. The summed E-state index contributed by atoms with van der Waals surface area (Å²) in [6.07, 6.45) is 0. The molecule has 0 aromatic heterocycles. The van der Waals surface area contributed by atoms with Crippen LogP contribution in [0.2, 0.25) is 0 Å². The van der Waals surface area contributed by atoms with Crippen molar-refractivity contribution in [3.8, 4) is 0 Å². The first-order chi connectivity index (χ1) is 6.57. The number of nitro groups is 1. The zero-order chi connectivity index (χ0) is 10.7. The highest BCUT2D eigenvalue weighted by Crippen LogP contribution is 2.25. The van der Waals surface area contributed by atoms with E-state index in [0.717, 1.165) is 12.1 Å². The van der Waals surface area contributed by atoms with Gasteiger partial charge in [-0.05, 0) is 6.07 Å². The van der Waals surface area contributed by atoms with E-state index in [-0.39, 0.29) is 5.56 Å². The predicted molar refractivity (Wildman–Crippen MR) is 47.1 cm³/mol. The van der Waals surface area contributed by atoms with Gasteiger partial charge >= 0.3 is 0 Å². The minimum atomic E-state index is -1.07. The maximum absolute atomic E-state index is 13.2. The number of rotatable bonds is 3. The average molecular weight is 200 g/mol. The molecule has 0 heterocycles. The Morgan fingerprint density at radius 2 is 2.29 bits per heavy atom. The van der Waals surface area contributed by atoms with E-state index in [2.05, 4.69) is 0 Å². The van der Waals surface area contributed by atoms with Crippen LogP contribution >= 0.6 is 0 Å². The topological polar surface area (TPSA) is 89.4 Å². The van der Waals surface area contributed by atoms with Crippen LogP contribution in [0.25, 0.3) is 0 Å². The number of nitrogens with zero attached hydrogens (tertiary/aromatic N) is 1. The first-order valence-corrected chi connectivity index (χ1v) is 3.87. The molecule has 0 amide bonds. The number of hydrogen-bond acceptors (Lipinski definition) is 4. The second-order valence-corrected chi connectivity index (χ2v) is 2.72. The third-order valence-corrected chi connectivity index (χ3v) is 1.79. The van der Waals surface area contributed by atoms with Gasteiger partial charge in [0.05, 0.1) is 23.1 Å². The van der Waals surface area contributed by atoms with Crippen LogP contribution in [0.5, 0.6) is 0 Å². The minimum absolute atomic E-state index is 0.264. The Morgan fingerprint density at radius 1 is 1.64 bits per heavy atom. The molecule has 0 aliphatic carbocycles. The monoisotopic (exact) mass is 200 g/mol. The summed E-state index contributed by atoms with van der Waals surface area (Å²) in [4.78, 5) is 9.77. The second-order valence-electron chi connectivity index (χ2n) is 2.72. The number of aliphatic hydroxyl groups excluding tert-OH is 1. The number of benzene rings is 1. The lowest BCUT2D eigenvalue weighted by atomic mass is 10.1. The Kier molecular flexibility index (Phi) is 3.10. The van der Waals surface area contributed by atoms with Crippen LogP contribution < -0.4 is 5.73 Å². The molecule has 1 aromatic rings. The van der Waals surface area contributed by atoms with E-state index in [1.807, 2.05) is 0 Å². The number of halogens is 1. The van der Waals surface area contributed by atoms with E-state index in [0.29, 0.717) is 0 Å². The maximum atomic E-state index is 13.2. The lowest BCUT2D eigenvalue weighted by Crippen LogP contribution is -2.17. The van der Waals surface area contributed by atoms with Crippen molar-refractivity contribution in [3.63, 3.8) is 0 Å². The molecular formula is C8H9FN2O3. The van der Waals surface area contributed by atoms with Gasteiger partial charge in [0.2, 0.25) is 0 Å². The quantitative estimate of drug-likeness (QED) is 0.555. The summed E-state index contributed by atoms with van der Waals surface area (Å²) in [5.74, 6) is -0.777. The SMILES string of the molecule is NC(CO)c1c(F)cccc1[N+](=O)[O-]. The predicted octanol–water partition coefficient (Wildman–Crippen LogP) is 0.726. The van der Waals surface area contributed by atoms with Crippen molar-refractivity contribution in [2.24, 2.45) is 5.73 Å². The molecule has 0 saturated heterocycles. The first-order valence-electron chi connectivity index (χ1n) is 3.87. The van der Waals surface area contributed by atoms with Gasteiger partial charge in [0.15, 0.2) is 0 Å². The molecule has 14 heavy (non-hydrogen) atoms. The third-order valence-electron chi connectivity index (χ3n) is 1.79. The molecule has 1 rings (SSSR count). The summed E-state index contributed by atoms with van der Waals surface area (Å²) in [5, 5.41) is 19.2. The summed E-state index contributed by atoms with van der Waals surface area (Å²) in [7, 11) is 0. The molecule has 0 aliphatic heterocycles. The summed E-state index contributed by atoms with van der Waals surface area (Å²) in [5.41, 5.74) is 4.66. The highest BCUT2D eigenvalue weighted by Gasteiger charge is 2.22. The highest BCUT2D eigenvalue weighted by atomic mass is 19.1. The molecule has 5 nitrogen and oxygen atoms in total. The number of nitro benzene ring substituents is 1. The third kappa shape index (κ3) is 1.86. The van der Waals surface area contributed by atoms with Gasteiger partial charge in [-0.3, -0.25) is 10.1 Å². The summed E-state index contributed by atoms with van der Waals surface area (Å²) in [6.45, 7) is -0.540. The zero-order valence-electron chi connectivity index (χ0n) is 7.18. The van der Waals surface area contributed by atoms with Gasteiger partial charge in [0.25, 0.3) is 5.69 Å². The van der Waals surface area contributed by atoms with Crippen LogP contribution in [0.3, 0.4) is 0 Å². The van der Waals surface area contributed by atoms with Crippen LogP contribution in [-0.2, 0) is 0 Å². The van der Waals surface area contributed by atoms with Crippen molar-refractivity contribution in [2.75, 3.05) is 6.61 Å². The van der Waals surface area contributed by atoms with Crippen molar-refractivity contribution >= 4 is 5.69 Å². The molecule has 0 aliphatic rings. The second kappa shape index (κ2) is 4.12. The Labute approximate surface area is 79.1 Å². The Balaban J connectivity index is 3.29. The van der Waals surface area contributed by atoms with Crippen molar-refractivity contribution < 1.29 is 14.4 Å². The zero-order valence-corrected chi connectivity index (χ0v) is 7.18. The van der Waals surface area contributed by atoms with Crippen LogP contribution in [0, 0.1) is 15.9 Å². The van der Waals surface area contributed by atoms with E-state index in [4.69, 9.17) is 10.8 Å². The molecule has 0 radical (unpaired) electrons. The van der Waals surface area contributed by atoms with Gasteiger partial charge in [-0.25, -0.2) is 4.39 Å². The van der Waals surface area contributed by atoms with Crippen LogP contribution in [0.1, 0.15) is 11.6 Å². The molecule has 0 saturated carbocycles. The van der Waals surface area contributed by atoms with E-state index in [9.17, 15) is 14.5 Å². The van der Waals surface area contributed by atoms with Crippen LogP contribution in [0.4, 0.5) is 10.1 Å². The van der Waals surface area contributed by atoms with E-state index in [1.54, 1.807) is 0 Å². The van der Waals surface area contributed by atoms with E-state index < -0.39 is 29.1 Å². The van der Waals surface area contributed by atoms with Gasteiger partial charge in [0, 0.05) is 6.07 Å². The molecule has 76 valence electrons. The molecule has 0 fully saturated rings. The van der Waals surface area contributed by atoms with Gasteiger partial charge < -0.3 is 10.8 Å². The highest BCUT2D eigenvalue weighted by molar-refractivity contribution is 5.43. The molecule has 0 spiro atoms.